The molecule has 0 amide bonds. The highest BCUT2D eigenvalue weighted by Crippen LogP contribution is 2.35. The van der Waals surface area contributed by atoms with Gasteiger partial charge in [0.25, 0.3) is 0 Å². The molecule has 0 saturated heterocycles. The van der Waals surface area contributed by atoms with Gasteiger partial charge in [-0.1, -0.05) is 66.7 Å². The van der Waals surface area contributed by atoms with Gasteiger partial charge in [0.15, 0.2) is 0 Å². The maximum absolute atomic E-state index is 9.01. The van der Waals surface area contributed by atoms with Crippen LogP contribution in [-0.4, -0.2) is 5.11 Å². The summed E-state index contributed by atoms with van der Waals surface area (Å²) in [6.45, 7) is 3.60. The fourth-order valence-electron chi connectivity index (χ4n) is 2.93. The van der Waals surface area contributed by atoms with Crippen molar-refractivity contribution >= 4 is 0 Å². The number of benzene rings is 3. The SMILES string of the molecule is C=CCc1cccc(O)c1.c1ccc2c(c1)Cc1ccccc1-2. The van der Waals surface area contributed by atoms with Crippen LogP contribution in [0.5, 0.6) is 5.75 Å². The van der Waals surface area contributed by atoms with Crippen molar-refractivity contribution in [2.45, 2.75) is 12.8 Å². The average molecular weight is 300 g/mol. The van der Waals surface area contributed by atoms with Gasteiger partial charge < -0.3 is 5.11 Å². The average Bonchev–Trinajstić information content (AvgIpc) is 2.94. The Balaban J connectivity index is 0.000000142. The molecule has 23 heavy (non-hydrogen) atoms. The van der Waals surface area contributed by atoms with E-state index in [1.165, 1.54) is 22.3 Å². The number of hydrogen-bond donors (Lipinski definition) is 1. The van der Waals surface area contributed by atoms with Crippen LogP contribution in [-0.2, 0) is 12.8 Å². The molecule has 0 bridgehead atoms. The molecule has 0 aliphatic heterocycles. The highest BCUT2D eigenvalue weighted by atomic mass is 16.3. The van der Waals surface area contributed by atoms with E-state index < -0.39 is 0 Å². The Hall–Kier alpha value is -2.80. The zero-order valence-corrected chi connectivity index (χ0v) is 13.1. The second kappa shape index (κ2) is 6.97. The van der Waals surface area contributed by atoms with E-state index in [0.717, 1.165) is 18.4 Å². The Morgan fingerprint density at radius 3 is 2.00 bits per heavy atom. The Bertz CT molecular complexity index is 774. The van der Waals surface area contributed by atoms with E-state index >= 15 is 0 Å². The van der Waals surface area contributed by atoms with Crippen LogP contribution >= 0.6 is 0 Å². The zero-order valence-electron chi connectivity index (χ0n) is 13.1. The normalized spacial score (nSPS) is 11.0. The van der Waals surface area contributed by atoms with Gasteiger partial charge in [-0.3, -0.25) is 0 Å². The molecule has 0 aromatic heterocycles. The Morgan fingerprint density at radius 1 is 0.826 bits per heavy atom. The van der Waals surface area contributed by atoms with Crippen molar-refractivity contribution in [3.63, 3.8) is 0 Å². The molecule has 1 heteroatoms. The van der Waals surface area contributed by atoms with Gasteiger partial charge in [0.1, 0.15) is 5.75 Å². The minimum Gasteiger partial charge on any atom is -0.508 e. The summed E-state index contributed by atoms with van der Waals surface area (Å²) in [5.41, 5.74) is 6.85. The van der Waals surface area contributed by atoms with Crippen molar-refractivity contribution in [2.75, 3.05) is 0 Å². The molecular weight excluding hydrogens is 280 g/mol. The first kappa shape index (κ1) is 15.1. The van der Waals surface area contributed by atoms with E-state index in [4.69, 9.17) is 5.11 Å². The minimum absolute atomic E-state index is 0.319. The summed E-state index contributed by atoms with van der Waals surface area (Å²) in [7, 11) is 0. The van der Waals surface area contributed by atoms with E-state index in [1.54, 1.807) is 12.1 Å². The molecule has 0 fully saturated rings. The lowest BCUT2D eigenvalue weighted by atomic mass is 10.1. The van der Waals surface area contributed by atoms with Gasteiger partial charge in [-0.2, -0.15) is 0 Å². The maximum atomic E-state index is 9.01. The number of hydrogen-bond acceptors (Lipinski definition) is 1. The third-order valence-corrected chi connectivity index (χ3v) is 4.00. The van der Waals surface area contributed by atoms with Gasteiger partial charge in [0.05, 0.1) is 0 Å². The van der Waals surface area contributed by atoms with E-state index in [0.29, 0.717) is 5.75 Å². The lowest BCUT2D eigenvalue weighted by Crippen LogP contribution is -1.77. The largest absolute Gasteiger partial charge is 0.508 e. The highest BCUT2D eigenvalue weighted by Gasteiger charge is 2.15. The van der Waals surface area contributed by atoms with Gasteiger partial charge >= 0.3 is 0 Å². The number of fused-ring (bicyclic) bond motifs is 3. The molecule has 4 rings (SSSR count). The fraction of sp³-hybridized carbons (Fsp3) is 0.0909. The van der Waals surface area contributed by atoms with Crippen LogP contribution in [0.2, 0.25) is 0 Å². The summed E-state index contributed by atoms with van der Waals surface area (Å²) in [5.74, 6) is 0.319. The van der Waals surface area contributed by atoms with Crippen LogP contribution in [0.3, 0.4) is 0 Å². The first-order valence-electron chi connectivity index (χ1n) is 7.83. The Kier molecular flexibility index (Phi) is 4.58. The summed E-state index contributed by atoms with van der Waals surface area (Å²) in [4.78, 5) is 0. The smallest absolute Gasteiger partial charge is 0.115 e. The first-order chi connectivity index (χ1) is 11.3. The predicted molar refractivity (Wildman–Crippen MR) is 96.7 cm³/mol. The van der Waals surface area contributed by atoms with Crippen molar-refractivity contribution in [3.8, 4) is 16.9 Å². The van der Waals surface area contributed by atoms with E-state index in [2.05, 4.69) is 55.1 Å². The summed E-state index contributed by atoms with van der Waals surface area (Å²) >= 11 is 0. The van der Waals surface area contributed by atoms with Crippen LogP contribution < -0.4 is 0 Å². The zero-order chi connectivity index (χ0) is 16.1. The predicted octanol–water partition coefficient (Wildman–Crippen LogP) is 5.38. The van der Waals surface area contributed by atoms with Crippen molar-refractivity contribution in [3.05, 3.63) is 102 Å². The molecule has 0 unspecified atom stereocenters. The summed E-state index contributed by atoms with van der Waals surface area (Å²) in [6, 6.07) is 24.5. The second-order valence-corrected chi connectivity index (χ2v) is 5.65. The van der Waals surface area contributed by atoms with E-state index in [9.17, 15) is 0 Å². The molecule has 0 radical (unpaired) electrons. The molecule has 0 saturated carbocycles. The van der Waals surface area contributed by atoms with Crippen molar-refractivity contribution in [2.24, 2.45) is 0 Å². The molecule has 1 N–H and O–H groups in total. The monoisotopic (exact) mass is 300 g/mol. The van der Waals surface area contributed by atoms with E-state index in [-0.39, 0.29) is 0 Å². The third-order valence-electron chi connectivity index (χ3n) is 4.00. The first-order valence-corrected chi connectivity index (χ1v) is 7.83. The Morgan fingerprint density at radius 2 is 1.43 bits per heavy atom. The summed E-state index contributed by atoms with van der Waals surface area (Å²) < 4.78 is 0. The van der Waals surface area contributed by atoms with Gasteiger partial charge in [-0.15, -0.1) is 6.58 Å². The molecule has 3 aromatic carbocycles. The number of phenols is 1. The molecule has 1 aliphatic carbocycles. The quantitative estimate of drug-likeness (QED) is 0.493. The summed E-state index contributed by atoms with van der Waals surface area (Å²) in [6.07, 6.45) is 3.73. The fourth-order valence-corrected chi connectivity index (χ4v) is 2.93. The lowest BCUT2D eigenvalue weighted by Gasteiger charge is -1.98. The molecular formula is C22H20O. The molecule has 114 valence electrons. The number of aromatic hydroxyl groups is 1. The van der Waals surface area contributed by atoms with Gasteiger partial charge in [-0.05, 0) is 52.8 Å². The topological polar surface area (TPSA) is 20.2 Å². The molecule has 3 aromatic rings. The van der Waals surface area contributed by atoms with Crippen LogP contribution in [0.25, 0.3) is 11.1 Å². The van der Waals surface area contributed by atoms with Crippen molar-refractivity contribution < 1.29 is 5.11 Å². The second-order valence-electron chi connectivity index (χ2n) is 5.65. The maximum Gasteiger partial charge on any atom is 0.115 e. The molecule has 1 aliphatic rings. The van der Waals surface area contributed by atoms with Gasteiger partial charge in [0.2, 0.25) is 0 Å². The minimum atomic E-state index is 0.319. The molecule has 0 spiro atoms. The van der Waals surface area contributed by atoms with Crippen molar-refractivity contribution in [1.82, 2.24) is 0 Å². The van der Waals surface area contributed by atoms with Crippen LogP contribution in [0.15, 0.2) is 85.5 Å². The van der Waals surface area contributed by atoms with E-state index in [1.807, 2.05) is 18.2 Å². The number of rotatable bonds is 2. The number of phenolic OH excluding ortho intramolecular Hbond substituents is 1. The number of allylic oxidation sites excluding steroid dienone is 1. The van der Waals surface area contributed by atoms with Crippen molar-refractivity contribution in [1.29, 1.82) is 0 Å². The molecule has 1 nitrogen and oxygen atoms in total. The van der Waals surface area contributed by atoms with Crippen LogP contribution in [0, 0.1) is 0 Å². The summed E-state index contributed by atoms with van der Waals surface area (Å²) in [5, 5.41) is 9.01. The molecule has 0 heterocycles. The highest BCUT2D eigenvalue weighted by molar-refractivity contribution is 5.76. The van der Waals surface area contributed by atoms with Crippen LogP contribution in [0.1, 0.15) is 16.7 Å². The van der Waals surface area contributed by atoms with Gasteiger partial charge in [0, 0.05) is 0 Å². The lowest BCUT2D eigenvalue weighted by molar-refractivity contribution is 0.474. The third kappa shape index (κ3) is 3.51. The van der Waals surface area contributed by atoms with Gasteiger partial charge in [-0.25, -0.2) is 0 Å². The van der Waals surface area contributed by atoms with Crippen LogP contribution in [0.4, 0.5) is 0 Å². The molecule has 0 atom stereocenters. The standard InChI is InChI=1S/C13H10.C9H10O/c1-3-7-12-10(5-1)9-11-6-2-4-8-13(11)12;1-2-4-8-5-3-6-9(10)7-8/h1-8H,9H2;2-3,5-7,10H,1,4H2. The Labute approximate surface area is 137 Å².